The van der Waals surface area contributed by atoms with Crippen LogP contribution in [0.25, 0.3) is 0 Å². The van der Waals surface area contributed by atoms with Crippen molar-refractivity contribution >= 4 is 30.2 Å². The molecule has 0 aromatic carbocycles. The van der Waals surface area contributed by atoms with Crippen molar-refractivity contribution in [1.82, 2.24) is 0 Å². The molecule has 0 aromatic rings. The Balaban J connectivity index is -0.0000000519. The molecule has 0 spiro atoms. The number of allylic oxidation sites excluding steroid dienone is 1. The quantitative estimate of drug-likeness (QED) is 0.253. The molecule has 0 N–H and O–H groups in total. The summed E-state index contributed by atoms with van der Waals surface area (Å²) < 4.78 is 37.1. The van der Waals surface area contributed by atoms with Crippen LogP contribution in [0, 0.1) is 28.6 Å². The summed E-state index contributed by atoms with van der Waals surface area (Å²) in [5.74, 6) is -0.0633. The number of halogens is 3. The minimum absolute atomic E-state index is 0. The van der Waals surface area contributed by atoms with Crippen molar-refractivity contribution < 1.29 is 12.9 Å². The van der Waals surface area contributed by atoms with E-state index in [1.807, 2.05) is 19.9 Å². The molecule has 0 aromatic heterocycles. The van der Waals surface area contributed by atoms with Crippen LogP contribution < -0.4 is 0 Å². The van der Waals surface area contributed by atoms with Crippen molar-refractivity contribution in [2.24, 2.45) is 5.92 Å². The Hall–Kier alpha value is -0.706. The average molecular weight is 404 g/mol. The molecular formula is C16H37F3N2SSi2. The Morgan fingerprint density at radius 1 is 1.33 bits per heavy atom. The maximum Gasteiger partial charge on any atom is 0.269 e. The molecule has 146 valence electrons. The first-order valence-corrected chi connectivity index (χ1v) is 14.0. The average Bonchev–Trinajstić information content (AvgIpc) is 2.54. The molecule has 24 heavy (non-hydrogen) atoms. The topological polar surface area (TPSA) is 47.6 Å². The second-order valence-electron chi connectivity index (χ2n) is 5.24. The maximum atomic E-state index is 13.0. The molecule has 1 atom stereocenters. The fourth-order valence-corrected chi connectivity index (χ4v) is 2.50. The van der Waals surface area contributed by atoms with Crippen LogP contribution in [0.15, 0.2) is 12.2 Å². The molecule has 0 radical (unpaired) electrons. The van der Waals surface area contributed by atoms with Gasteiger partial charge in [-0.15, -0.1) is 0 Å². The molecule has 0 aliphatic heterocycles. The first kappa shape index (κ1) is 34.6. The SMILES string of the molecule is C.C=C(C#N)CC.CCC(C#N)C[Si](C)(C)F.CS.C[SiH](C)F.[2H]F. The van der Waals surface area contributed by atoms with Crippen LogP contribution in [0.5, 0.6) is 0 Å². The minimum Gasteiger partial charge on any atom is -0.319 e. The van der Waals surface area contributed by atoms with Crippen LogP contribution in [0.4, 0.5) is 12.9 Å². The van der Waals surface area contributed by atoms with E-state index in [2.05, 4.69) is 26.7 Å². The molecule has 0 fully saturated rings. The Morgan fingerprint density at radius 3 is 1.71 bits per heavy atom. The molecular weight excluding hydrogens is 365 g/mol. The number of rotatable bonds is 4. The predicted octanol–water partition coefficient (Wildman–Crippen LogP) is 6.46. The molecule has 0 saturated heterocycles. The highest BCUT2D eigenvalue weighted by Crippen LogP contribution is 2.19. The van der Waals surface area contributed by atoms with E-state index in [1.54, 1.807) is 32.4 Å². The third kappa shape index (κ3) is 58.0. The van der Waals surface area contributed by atoms with Crippen LogP contribution in [-0.2, 0) is 0 Å². The van der Waals surface area contributed by atoms with Crippen molar-refractivity contribution in [1.29, 1.82) is 12.0 Å². The van der Waals surface area contributed by atoms with E-state index in [4.69, 9.17) is 15.2 Å². The van der Waals surface area contributed by atoms with E-state index in [1.165, 1.54) is 0 Å². The normalized spacial score (nSPS) is 9.67. The summed E-state index contributed by atoms with van der Waals surface area (Å²) in [6, 6.07) is 4.51. The van der Waals surface area contributed by atoms with Crippen molar-refractivity contribution in [2.45, 2.75) is 66.3 Å². The minimum atomic E-state index is -2.48. The zero-order chi connectivity index (χ0) is 20.8. The van der Waals surface area contributed by atoms with Crippen molar-refractivity contribution in [3.05, 3.63) is 12.2 Å². The van der Waals surface area contributed by atoms with Crippen LogP contribution >= 0.6 is 12.6 Å². The fraction of sp³-hybridized carbons (Fsp3) is 0.750. The van der Waals surface area contributed by atoms with Gasteiger partial charge < -0.3 is 8.22 Å². The second kappa shape index (κ2) is 27.2. The van der Waals surface area contributed by atoms with Gasteiger partial charge in [0.1, 0.15) is 0 Å². The first-order chi connectivity index (χ1) is 11.0. The molecule has 1 unspecified atom stereocenters. The molecule has 0 bridgehead atoms. The highest BCUT2D eigenvalue weighted by Gasteiger charge is 2.24. The maximum absolute atomic E-state index is 13.0. The summed E-state index contributed by atoms with van der Waals surface area (Å²) >= 11 is 3.53. The fourth-order valence-electron chi connectivity index (χ4n) is 0.946. The lowest BCUT2D eigenvalue weighted by Crippen LogP contribution is -2.21. The Kier molecular flexibility index (Phi) is 39.1. The van der Waals surface area contributed by atoms with Gasteiger partial charge in [0.05, 0.1) is 12.1 Å². The van der Waals surface area contributed by atoms with Gasteiger partial charge in [-0.2, -0.15) is 23.2 Å². The largest absolute Gasteiger partial charge is 0.319 e. The highest BCUT2D eigenvalue weighted by atomic mass is 32.1. The van der Waals surface area contributed by atoms with Gasteiger partial charge in [0.15, 0.2) is 0 Å². The third-order valence-electron chi connectivity index (χ3n) is 1.99. The van der Waals surface area contributed by atoms with Gasteiger partial charge in [0.25, 0.3) is 1.45 Å². The molecule has 0 aliphatic rings. The van der Waals surface area contributed by atoms with E-state index < -0.39 is 17.5 Å². The number of hydrogen-bond acceptors (Lipinski definition) is 3. The van der Waals surface area contributed by atoms with Crippen LogP contribution in [-0.4, -0.2) is 25.2 Å². The third-order valence-corrected chi connectivity index (χ3v) is 3.46. The van der Waals surface area contributed by atoms with E-state index in [0.29, 0.717) is 11.6 Å². The molecule has 8 heteroatoms. The van der Waals surface area contributed by atoms with Crippen LogP contribution in [0.2, 0.25) is 32.2 Å². The highest BCUT2D eigenvalue weighted by molar-refractivity contribution is 7.79. The Morgan fingerprint density at radius 2 is 1.67 bits per heavy atom. The van der Waals surface area contributed by atoms with Crippen molar-refractivity contribution in [3.63, 3.8) is 0 Å². The van der Waals surface area contributed by atoms with E-state index in [9.17, 15) is 8.22 Å². The number of hydrogen-bond donors (Lipinski definition) is 1. The van der Waals surface area contributed by atoms with Gasteiger partial charge >= 0.3 is 0 Å². The first-order valence-electron chi connectivity index (χ1n) is 7.66. The lowest BCUT2D eigenvalue weighted by atomic mass is 10.1. The van der Waals surface area contributed by atoms with Gasteiger partial charge in [-0.3, -0.25) is 4.72 Å². The summed E-state index contributed by atoms with van der Waals surface area (Å²) in [7, 11) is -4.12. The summed E-state index contributed by atoms with van der Waals surface area (Å²) in [6.45, 7) is 13.8. The number of nitrogens with zero attached hydrogens (tertiary/aromatic N) is 2. The van der Waals surface area contributed by atoms with Gasteiger partial charge in [-0.05, 0) is 51.3 Å². The summed E-state index contributed by atoms with van der Waals surface area (Å²) in [4.78, 5) is 0. The summed E-state index contributed by atoms with van der Waals surface area (Å²) in [6.07, 6.45) is 3.24. The Bertz CT molecular complexity index is 339. The lowest BCUT2D eigenvalue weighted by Gasteiger charge is -2.13. The molecule has 2 nitrogen and oxygen atoms in total. The number of thiol groups is 1. The summed E-state index contributed by atoms with van der Waals surface area (Å²) in [5, 5.41) is 16.5. The number of nitriles is 2. The molecule has 0 saturated carbocycles. The molecule has 0 heterocycles. The monoisotopic (exact) mass is 403 g/mol. The zero-order valence-corrected chi connectivity index (χ0v) is 18.5. The van der Waals surface area contributed by atoms with Gasteiger partial charge in [-0.1, -0.05) is 27.9 Å². The van der Waals surface area contributed by atoms with Crippen molar-refractivity contribution in [3.8, 4) is 12.1 Å². The van der Waals surface area contributed by atoms with E-state index in [-0.39, 0.29) is 13.3 Å². The van der Waals surface area contributed by atoms with Crippen LogP contribution in [0.3, 0.4) is 0 Å². The second-order valence-corrected chi connectivity index (χ2v) is 11.1. The zero-order valence-electron chi connectivity index (χ0n) is 16.5. The lowest BCUT2D eigenvalue weighted by molar-refractivity contribution is 0.659. The van der Waals surface area contributed by atoms with E-state index in [0.717, 1.165) is 12.8 Å². The van der Waals surface area contributed by atoms with E-state index >= 15 is 0 Å². The van der Waals surface area contributed by atoms with Gasteiger partial charge in [-0.25, -0.2) is 0 Å². The molecule has 0 rings (SSSR count). The molecule has 0 amide bonds. The Labute approximate surface area is 158 Å². The smallest absolute Gasteiger partial charge is 0.269 e. The molecule has 0 aliphatic carbocycles. The van der Waals surface area contributed by atoms with Crippen LogP contribution in [0.1, 0.15) is 34.1 Å². The van der Waals surface area contributed by atoms with Crippen molar-refractivity contribution in [2.75, 3.05) is 6.26 Å². The van der Waals surface area contributed by atoms with Gasteiger partial charge in [0.2, 0.25) is 17.5 Å². The van der Waals surface area contributed by atoms with Gasteiger partial charge in [0, 0.05) is 11.5 Å². The standard InChI is InChI=1S/C7H14FNSi.C5H7N.C2H7FSi.CH4S.CH4.FH/c1-4-7(5-9)6-10(2,3)8;1-3-5(2)4-6;1-4(2)3;1-2;;/h7H,4,6H2,1-3H3;2-3H2,1H3;4H,1-2H3;2H,1H3;1H4;1H/i/hD. The predicted molar refractivity (Wildman–Crippen MR) is 112 cm³/mol. The summed E-state index contributed by atoms with van der Waals surface area (Å²) in [5.41, 5.74) is 0.648.